The lowest BCUT2D eigenvalue weighted by Gasteiger charge is -2.32. The third kappa shape index (κ3) is 5.60. The van der Waals surface area contributed by atoms with Crippen LogP contribution in [0.15, 0.2) is 4.34 Å². The van der Waals surface area contributed by atoms with Crippen LogP contribution in [0.2, 0.25) is 0 Å². The van der Waals surface area contributed by atoms with Gasteiger partial charge in [0.25, 0.3) is 5.91 Å². The van der Waals surface area contributed by atoms with Crippen molar-refractivity contribution in [3.05, 3.63) is 0 Å². The van der Waals surface area contributed by atoms with Gasteiger partial charge in [0.2, 0.25) is 11.0 Å². The fourth-order valence-corrected chi connectivity index (χ4v) is 4.05. The summed E-state index contributed by atoms with van der Waals surface area (Å²) in [4.78, 5) is 28.8. The molecule has 2 rings (SSSR count). The number of nitrogens with one attached hydrogen (secondary N) is 2. The number of quaternary nitrogens is 1. The van der Waals surface area contributed by atoms with Crippen molar-refractivity contribution in [1.29, 1.82) is 0 Å². The molecule has 0 radical (unpaired) electrons. The van der Waals surface area contributed by atoms with E-state index in [0.29, 0.717) is 25.4 Å². The molecule has 0 saturated carbocycles. The predicted molar refractivity (Wildman–Crippen MR) is 95.6 cm³/mol. The molecular formula is C14H25N6O2S2+. The maximum absolute atomic E-state index is 12.3. The number of hydrogen-bond donors (Lipinski definition) is 2. The number of thioether (sulfide) groups is 1. The molecule has 24 heavy (non-hydrogen) atoms. The summed E-state index contributed by atoms with van der Waals surface area (Å²) in [6, 6.07) is 0. The highest BCUT2D eigenvalue weighted by Crippen LogP contribution is 2.25. The zero-order chi connectivity index (χ0) is 17.5. The minimum Gasteiger partial charge on any atom is -0.360 e. The summed E-state index contributed by atoms with van der Waals surface area (Å²) in [6.07, 6.45) is 0. The molecular weight excluding hydrogens is 348 g/mol. The number of anilines is 1. The average Bonchev–Trinajstić information content (AvgIpc) is 3.01. The van der Waals surface area contributed by atoms with Crippen LogP contribution in [0, 0.1) is 0 Å². The molecule has 1 aromatic rings. The normalized spacial score (nSPS) is 15.4. The van der Waals surface area contributed by atoms with Crippen LogP contribution in [-0.4, -0.2) is 90.9 Å². The highest BCUT2D eigenvalue weighted by molar-refractivity contribution is 8.01. The van der Waals surface area contributed by atoms with E-state index in [4.69, 9.17) is 0 Å². The van der Waals surface area contributed by atoms with Crippen molar-refractivity contribution in [2.75, 3.05) is 64.4 Å². The second kappa shape index (κ2) is 9.19. The maximum atomic E-state index is 12.3. The molecule has 1 aliphatic rings. The third-order valence-electron chi connectivity index (χ3n) is 3.78. The number of likely N-dealkylation sites (N-methyl/N-ethyl adjacent to an activating group) is 1. The van der Waals surface area contributed by atoms with Gasteiger partial charge in [0.05, 0.1) is 31.9 Å². The van der Waals surface area contributed by atoms with Crippen LogP contribution < -0.4 is 10.2 Å². The van der Waals surface area contributed by atoms with Gasteiger partial charge in [-0.15, -0.1) is 10.2 Å². The molecule has 10 heteroatoms. The topological polar surface area (TPSA) is 82.9 Å². The number of carbonyl (C=O) groups excluding carboxylic acids is 2. The Morgan fingerprint density at radius 1 is 1.33 bits per heavy atom. The van der Waals surface area contributed by atoms with Gasteiger partial charge in [0.15, 0.2) is 10.9 Å². The quantitative estimate of drug-likeness (QED) is 0.589. The van der Waals surface area contributed by atoms with Crippen LogP contribution in [-0.2, 0) is 9.59 Å². The molecule has 0 bridgehead atoms. The van der Waals surface area contributed by atoms with E-state index in [2.05, 4.69) is 15.5 Å². The van der Waals surface area contributed by atoms with Gasteiger partial charge in [0, 0.05) is 20.6 Å². The molecule has 0 spiro atoms. The number of piperazine rings is 1. The van der Waals surface area contributed by atoms with E-state index in [1.165, 1.54) is 28.0 Å². The molecule has 0 unspecified atom stereocenters. The lowest BCUT2D eigenvalue weighted by atomic mass is 10.3. The highest BCUT2D eigenvalue weighted by atomic mass is 32.2. The Bertz CT molecular complexity index is 557. The van der Waals surface area contributed by atoms with Crippen LogP contribution in [0.1, 0.15) is 6.92 Å². The third-order valence-corrected chi connectivity index (χ3v) is 5.78. The first kappa shape index (κ1) is 18.9. The Morgan fingerprint density at radius 3 is 2.67 bits per heavy atom. The first-order chi connectivity index (χ1) is 11.5. The van der Waals surface area contributed by atoms with E-state index < -0.39 is 0 Å². The number of amides is 2. The zero-order valence-electron chi connectivity index (χ0n) is 14.4. The number of rotatable bonds is 7. The summed E-state index contributed by atoms with van der Waals surface area (Å²) in [6.45, 7) is 6.36. The summed E-state index contributed by atoms with van der Waals surface area (Å²) in [5, 5.41) is 12.0. The number of aromatic nitrogens is 2. The molecule has 0 aliphatic carbocycles. The highest BCUT2D eigenvalue weighted by Gasteiger charge is 2.25. The molecule has 2 N–H and O–H groups in total. The van der Waals surface area contributed by atoms with Crippen LogP contribution in [0.4, 0.5) is 5.13 Å². The van der Waals surface area contributed by atoms with Gasteiger partial charge >= 0.3 is 0 Å². The average molecular weight is 374 g/mol. The molecule has 0 aromatic carbocycles. The number of hydrogen-bond acceptors (Lipinski definition) is 7. The first-order valence-electron chi connectivity index (χ1n) is 8.01. The molecule has 0 atom stereocenters. The summed E-state index contributed by atoms with van der Waals surface area (Å²) >= 11 is 2.90. The van der Waals surface area contributed by atoms with E-state index in [9.17, 15) is 9.59 Å². The van der Waals surface area contributed by atoms with Gasteiger partial charge in [-0.05, 0) is 6.92 Å². The summed E-state index contributed by atoms with van der Waals surface area (Å²) in [7, 11) is 3.54. The van der Waals surface area contributed by atoms with Crippen LogP contribution >= 0.6 is 23.1 Å². The molecule has 1 aliphatic heterocycles. The smallest absolute Gasteiger partial charge is 0.277 e. The maximum Gasteiger partial charge on any atom is 0.277 e. The van der Waals surface area contributed by atoms with Crippen molar-refractivity contribution in [2.45, 2.75) is 11.3 Å². The predicted octanol–water partition coefficient (Wildman–Crippen LogP) is -1.12. The Kier molecular flexibility index (Phi) is 7.25. The minimum atomic E-state index is 0.123. The van der Waals surface area contributed by atoms with Gasteiger partial charge in [-0.2, -0.15) is 0 Å². The molecule has 1 aromatic heterocycles. The Balaban J connectivity index is 1.71. The van der Waals surface area contributed by atoms with Crippen molar-refractivity contribution in [3.8, 4) is 0 Å². The second-order valence-electron chi connectivity index (χ2n) is 5.79. The van der Waals surface area contributed by atoms with E-state index in [-0.39, 0.29) is 11.8 Å². The lowest BCUT2D eigenvalue weighted by Crippen LogP contribution is -3.15. The second-order valence-corrected chi connectivity index (χ2v) is 7.99. The first-order valence-corrected chi connectivity index (χ1v) is 9.81. The summed E-state index contributed by atoms with van der Waals surface area (Å²) < 4.78 is 0.806. The van der Waals surface area contributed by atoms with Crippen molar-refractivity contribution in [2.24, 2.45) is 0 Å². The molecule has 2 heterocycles. The Hall–Kier alpha value is -1.39. The van der Waals surface area contributed by atoms with Gasteiger partial charge in [-0.3, -0.25) is 9.59 Å². The van der Waals surface area contributed by atoms with Gasteiger partial charge < -0.3 is 20.0 Å². The van der Waals surface area contributed by atoms with Crippen molar-refractivity contribution in [3.63, 3.8) is 0 Å². The SMILES string of the molecule is CCNc1nnc(SCC(=O)N2CC[NH+](CC(=O)N(C)C)CC2)s1. The monoisotopic (exact) mass is 373 g/mol. The van der Waals surface area contributed by atoms with Gasteiger partial charge in [-0.25, -0.2) is 0 Å². The van der Waals surface area contributed by atoms with E-state index in [1.807, 2.05) is 11.8 Å². The number of carbonyl (C=O) groups is 2. The van der Waals surface area contributed by atoms with Crippen molar-refractivity contribution >= 4 is 40.0 Å². The summed E-state index contributed by atoms with van der Waals surface area (Å²) in [5.74, 6) is 0.637. The molecule has 1 fully saturated rings. The zero-order valence-corrected chi connectivity index (χ0v) is 16.0. The summed E-state index contributed by atoms with van der Waals surface area (Å²) in [5.41, 5.74) is 0. The van der Waals surface area contributed by atoms with E-state index in [1.54, 1.807) is 19.0 Å². The lowest BCUT2D eigenvalue weighted by molar-refractivity contribution is -0.896. The van der Waals surface area contributed by atoms with Crippen LogP contribution in [0.3, 0.4) is 0 Å². The molecule has 2 amide bonds. The van der Waals surface area contributed by atoms with E-state index in [0.717, 1.165) is 29.1 Å². The van der Waals surface area contributed by atoms with Crippen LogP contribution in [0.25, 0.3) is 0 Å². The van der Waals surface area contributed by atoms with Crippen molar-refractivity contribution in [1.82, 2.24) is 20.0 Å². The fourth-order valence-electron chi connectivity index (χ4n) is 2.33. The Labute approximate surface area is 150 Å². The standard InChI is InChI=1S/C14H24N6O2S2/c1-4-15-13-16-17-14(24-13)23-10-12(22)20-7-5-19(6-8-20)9-11(21)18(2)3/h4-10H2,1-3H3,(H,15,16)/p+1. The van der Waals surface area contributed by atoms with E-state index >= 15 is 0 Å². The molecule has 134 valence electrons. The fraction of sp³-hybridized carbons (Fsp3) is 0.714. The molecule has 8 nitrogen and oxygen atoms in total. The minimum absolute atomic E-state index is 0.123. The van der Waals surface area contributed by atoms with Gasteiger partial charge in [-0.1, -0.05) is 23.1 Å². The largest absolute Gasteiger partial charge is 0.360 e. The molecule has 1 saturated heterocycles. The number of nitrogens with zero attached hydrogens (tertiary/aromatic N) is 4. The van der Waals surface area contributed by atoms with Crippen LogP contribution in [0.5, 0.6) is 0 Å². The Morgan fingerprint density at radius 2 is 2.04 bits per heavy atom. The van der Waals surface area contributed by atoms with Crippen molar-refractivity contribution < 1.29 is 14.5 Å². The van der Waals surface area contributed by atoms with Gasteiger partial charge in [0.1, 0.15) is 0 Å².